The summed E-state index contributed by atoms with van der Waals surface area (Å²) in [4.78, 5) is 23.4. The SMILES string of the molecule is CC1(C)C(C=CC=CC=CNC(=O)c2ccccc2)=[N+](CCC(=O)O)c2ccc3ccccc3c21. The lowest BCUT2D eigenvalue weighted by Crippen LogP contribution is -2.28. The third-order valence-corrected chi connectivity index (χ3v) is 6.24. The summed E-state index contributed by atoms with van der Waals surface area (Å²) in [6.45, 7) is 4.77. The van der Waals surface area contributed by atoms with Crippen molar-refractivity contribution in [2.75, 3.05) is 6.54 Å². The van der Waals surface area contributed by atoms with E-state index in [1.165, 1.54) is 16.3 Å². The van der Waals surface area contributed by atoms with Crippen LogP contribution in [0.25, 0.3) is 10.8 Å². The van der Waals surface area contributed by atoms with E-state index in [1.807, 2.05) is 54.6 Å². The van der Waals surface area contributed by atoms with Crippen LogP contribution in [0.2, 0.25) is 0 Å². The fraction of sp³-hybridized carbons (Fsp3) is 0.167. The number of carboxylic acid groups (broad SMARTS) is 1. The second-order valence-corrected chi connectivity index (χ2v) is 8.93. The molecule has 1 heterocycles. The first kappa shape index (κ1) is 23.9. The molecule has 0 spiro atoms. The van der Waals surface area contributed by atoms with E-state index in [0.717, 1.165) is 11.4 Å². The molecule has 0 radical (unpaired) electrons. The number of carbonyl (C=O) groups is 2. The van der Waals surface area contributed by atoms with Crippen LogP contribution in [0.3, 0.4) is 0 Å². The van der Waals surface area contributed by atoms with Crippen LogP contribution in [0.5, 0.6) is 0 Å². The topological polar surface area (TPSA) is 69.4 Å². The van der Waals surface area contributed by atoms with Gasteiger partial charge in [0.25, 0.3) is 5.91 Å². The number of carboxylic acids is 1. The molecule has 2 N–H and O–H groups in total. The van der Waals surface area contributed by atoms with E-state index in [-0.39, 0.29) is 17.7 Å². The van der Waals surface area contributed by atoms with Crippen LogP contribution in [0.1, 0.15) is 36.2 Å². The quantitative estimate of drug-likeness (QED) is 0.329. The first-order chi connectivity index (χ1) is 16.9. The molecule has 0 aliphatic carbocycles. The van der Waals surface area contributed by atoms with Crippen molar-refractivity contribution in [3.8, 4) is 0 Å². The first-order valence-electron chi connectivity index (χ1n) is 11.6. The zero-order chi connectivity index (χ0) is 24.8. The summed E-state index contributed by atoms with van der Waals surface area (Å²) in [5.41, 5.74) is 3.64. The van der Waals surface area contributed by atoms with Crippen molar-refractivity contribution in [2.45, 2.75) is 25.7 Å². The van der Waals surface area contributed by atoms with Gasteiger partial charge in [-0.05, 0) is 48.9 Å². The highest BCUT2D eigenvalue weighted by Crippen LogP contribution is 2.44. The fourth-order valence-electron chi connectivity index (χ4n) is 4.61. The molecule has 1 aliphatic heterocycles. The molecule has 5 heteroatoms. The molecular weight excluding hydrogens is 436 g/mol. The third kappa shape index (κ3) is 5.14. The highest BCUT2D eigenvalue weighted by atomic mass is 16.4. The van der Waals surface area contributed by atoms with Crippen molar-refractivity contribution in [2.24, 2.45) is 0 Å². The summed E-state index contributed by atoms with van der Waals surface area (Å²) in [6.07, 6.45) is 11.2. The number of amides is 1. The number of nitrogens with zero attached hydrogens (tertiary/aromatic N) is 1. The molecule has 3 aromatic carbocycles. The number of allylic oxidation sites excluding steroid dienone is 5. The second kappa shape index (κ2) is 10.3. The Bertz CT molecular complexity index is 1380. The molecule has 35 heavy (non-hydrogen) atoms. The van der Waals surface area contributed by atoms with Crippen LogP contribution in [0.15, 0.2) is 103 Å². The molecule has 0 bridgehead atoms. The minimum Gasteiger partial charge on any atom is -0.481 e. The molecule has 0 fully saturated rings. The normalized spacial score (nSPS) is 14.9. The maximum absolute atomic E-state index is 12.1. The summed E-state index contributed by atoms with van der Waals surface area (Å²) in [5, 5.41) is 14.4. The van der Waals surface area contributed by atoms with Crippen molar-refractivity contribution >= 4 is 34.0 Å². The monoisotopic (exact) mass is 465 g/mol. The van der Waals surface area contributed by atoms with Crippen molar-refractivity contribution in [3.63, 3.8) is 0 Å². The zero-order valence-electron chi connectivity index (χ0n) is 19.9. The average Bonchev–Trinajstić information content (AvgIpc) is 3.08. The van der Waals surface area contributed by atoms with E-state index in [1.54, 1.807) is 24.4 Å². The van der Waals surface area contributed by atoms with Crippen molar-refractivity contribution < 1.29 is 19.3 Å². The Morgan fingerprint density at radius 2 is 1.63 bits per heavy atom. The van der Waals surface area contributed by atoms with Gasteiger partial charge in [0.05, 0.1) is 5.41 Å². The highest BCUT2D eigenvalue weighted by molar-refractivity contribution is 6.07. The van der Waals surface area contributed by atoms with Crippen LogP contribution in [0, 0.1) is 0 Å². The first-order valence-corrected chi connectivity index (χ1v) is 11.6. The molecule has 1 amide bonds. The zero-order valence-corrected chi connectivity index (χ0v) is 19.9. The molecule has 3 aromatic rings. The van der Waals surface area contributed by atoms with Gasteiger partial charge in [-0.1, -0.05) is 60.7 Å². The molecule has 0 saturated carbocycles. The molecule has 0 atom stereocenters. The van der Waals surface area contributed by atoms with Gasteiger partial charge in [-0.25, -0.2) is 0 Å². The minimum atomic E-state index is -0.817. The van der Waals surface area contributed by atoms with Crippen LogP contribution < -0.4 is 5.32 Å². The standard InChI is InChI=1S/C30H28N2O3/c1-30(2)26(16-8-3-4-11-20-31-29(35)23-13-6-5-7-14-23)32(21-19-27(33)34)25-18-17-22-12-9-10-15-24(22)28(25)30/h3-18,20H,19,21H2,1-2H3,(H,33,34)/p+1. The predicted molar refractivity (Wildman–Crippen MR) is 140 cm³/mol. The lowest BCUT2D eigenvalue weighted by Gasteiger charge is -2.17. The average molecular weight is 466 g/mol. The summed E-state index contributed by atoms with van der Waals surface area (Å²) >= 11 is 0. The Kier molecular flexibility index (Phi) is 7.06. The number of hydrogen-bond donors (Lipinski definition) is 2. The minimum absolute atomic E-state index is 0.0549. The van der Waals surface area contributed by atoms with Crippen LogP contribution in [-0.4, -0.2) is 33.8 Å². The van der Waals surface area contributed by atoms with E-state index in [9.17, 15) is 14.7 Å². The fourth-order valence-corrected chi connectivity index (χ4v) is 4.61. The van der Waals surface area contributed by atoms with E-state index < -0.39 is 5.97 Å². The maximum Gasteiger partial charge on any atom is 0.309 e. The Balaban J connectivity index is 1.55. The van der Waals surface area contributed by atoms with Gasteiger partial charge in [0, 0.05) is 29.5 Å². The molecule has 176 valence electrons. The van der Waals surface area contributed by atoms with E-state index in [2.05, 4.69) is 48.0 Å². The maximum atomic E-state index is 12.1. The molecule has 0 aromatic heterocycles. The Hall–Kier alpha value is -4.25. The van der Waals surface area contributed by atoms with Crippen molar-refractivity contribution in [1.29, 1.82) is 0 Å². The van der Waals surface area contributed by atoms with Gasteiger partial charge in [0.1, 0.15) is 6.42 Å². The summed E-state index contributed by atoms with van der Waals surface area (Å²) in [5.74, 6) is -0.976. The van der Waals surface area contributed by atoms with Gasteiger partial charge in [0.15, 0.2) is 12.3 Å². The molecule has 0 saturated heterocycles. The molecular formula is C30H29N2O3+. The largest absolute Gasteiger partial charge is 0.481 e. The molecule has 5 nitrogen and oxygen atoms in total. The Labute approximate surface area is 205 Å². The van der Waals surface area contributed by atoms with Crippen LogP contribution in [0.4, 0.5) is 5.69 Å². The predicted octanol–water partition coefficient (Wildman–Crippen LogP) is 5.75. The van der Waals surface area contributed by atoms with Gasteiger partial charge in [0.2, 0.25) is 5.69 Å². The molecule has 1 aliphatic rings. The Morgan fingerprint density at radius 1 is 0.914 bits per heavy atom. The van der Waals surface area contributed by atoms with Crippen molar-refractivity contribution in [3.05, 3.63) is 114 Å². The number of benzene rings is 3. The number of fused-ring (bicyclic) bond motifs is 3. The van der Waals surface area contributed by atoms with Gasteiger partial charge < -0.3 is 10.4 Å². The number of aliphatic carboxylic acids is 1. The smallest absolute Gasteiger partial charge is 0.309 e. The van der Waals surface area contributed by atoms with Gasteiger partial charge in [-0.15, -0.1) is 0 Å². The Morgan fingerprint density at radius 3 is 2.40 bits per heavy atom. The molecule has 0 unspecified atom stereocenters. The third-order valence-electron chi connectivity index (χ3n) is 6.24. The van der Waals surface area contributed by atoms with E-state index in [0.29, 0.717) is 12.1 Å². The number of rotatable bonds is 8. The number of nitrogens with one attached hydrogen (secondary N) is 1. The van der Waals surface area contributed by atoms with Crippen LogP contribution in [-0.2, 0) is 10.2 Å². The summed E-state index contributed by atoms with van der Waals surface area (Å²) in [6, 6.07) is 21.5. The highest BCUT2D eigenvalue weighted by Gasteiger charge is 2.45. The van der Waals surface area contributed by atoms with Gasteiger partial charge in [-0.2, -0.15) is 4.58 Å². The summed E-state index contributed by atoms with van der Waals surface area (Å²) < 4.78 is 2.12. The van der Waals surface area contributed by atoms with Gasteiger partial charge >= 0.3 is 5.97 Å². The van der Waals surface area contributed by atoms with Gasteiger partial charge in [-0.3, -0.25) is 9.59 Å². The molecule has 4 rings (SSSR count). The summed E-state index contributed by atoms with van der Waals surface area (Å²) in [7, 11) is 0. The van der Waals surface area contributed by atoms with E-state index >= 15 is 0 Å². The van der Waals surface area contributed by atoms with Crippen molar-refractivity contribution in [1.82, 2.24) is 5.32 Å². The van der Waals surface area contributed by atoms with E-state index in [4.69, 9.17) is 0 Å². The second-order valence-electron chi connectivity index (χ2n) is 8.93. The lowest BCUT2D eigenvalue weighted by atomic mass is 9.79. The van der Waals surface area contributed by atoms with Crippen LogP contribution >= 0.6 is 0 Å². The number of carbonyl (C=O) groups excluding carboxylic acids is 1. The lowest BCUT2D eigenvalue weighted by molar-refractivity contribution is -0.436. The number of hydrogen-bond acceptors (Lipinski definition) is 2.